The van der Waals surface area contributed by atoms with E-state index in [9.17, 15) is 0 Å². The molecule has 0 aliphatic carbocycles. The molecule has 1 atom stereocenters. The average molecular weight is 170 g/mol. The lowest BCUT2D eigenvalue weighted by atomic mass is 10.3. The summed E-state index contributed by atoms with van der Waals surface area (Å²) in [4.78, 5) is 0. The second-order valence-electron chi connectivity index (χ2n) is 2.02. The van der Waals surface area contributed by atoms with Crippen LogP contribution in [-0.2, 0) is 0 Å². The maximum absolute atomic E-state index is 8.53. The molecule has 0 radical (unpaired) electrons. The number of benzene rings is 1. The van der Waals surface area contributed by atoms with Gasteiger partial charge < -0.3 is 5.11 Å². The summed E-state index contributed by atoms with van der Waals surface area (Å²) in [7, 11) is 2.46. The Bertz CT molecular complexity index is 205. The minimum absolute atomic E-state index is 0.0710. The van der Waals surface area contributed by atoms with Crippen LogP contribution in [0.4, 0.5) is 5.69 Å². The van der Waals surface area contributed by atoms with Crippen LogP contribution in [0.15, 0.2) is 30.3 Å². The molecule has 1 unspecified atom stereocenters. The van der Waals surface area contributed by atoms with Gasteiger partial charge in [-0.2, -0.15) is 0 Å². The molecule has 0 amide bonds. The number of hydrogen-bond donors (Lipinski definition) is 2. The van der Waals surface area contributed by atoms with Crippen molar-refractivity contribution >= 4 is 15.1 Å². The van der Waals surface area contributed by atoms with E-state index in [1.54, 1.807) is 4.78 Å². The van der Waals surface area contributed by atoms with E-state index in [4.69, 9.17) is 5.11 Å². The number of hydrogen-bond acceptors (Lipinski definition) is 3. The minimum Gasteiger partial charge on any atom is -0.380 e. The smallest absolute Gasteiger partial charge is 0.110 e. The summed E-state index contributed by atoms with van der Waals surface area (Å²) in [5.41, 5.74) is 3.71. The Morgan fingerprint density at radius 3 is 2.55 bits per heavy atom. The number of aliphatic hydroxyl groups excluding tert-OH is 1. The number of hydrazine groups is 1. The topological polar surface area (TPSA) is 35.5 Å². The zero-order valence-corrected chi connectivity index (χ0v) is 7.22. The van der Waals surface area contributed by atoms with E-state index in [1.165, 1.54) is 0 Å². The number of anilines is 1. The van der Waals surface area contributed by atoms with Crippen molar-refractivity contribution < 1.29 is 5.11 Å². The normalized spacial score (nSPS) is 9.64. The Labute approximate surface area is 68.3 Å². The van der Waals surface area contributed by atoms with Gasteiger partial charge >= 0.3 is 0 Å². The molecule has 2 N–H and O–H groups in total. The van der Waals surface area contributed by atoms with Gasteiger partial charge in [-0.25, -0.2) is 5.43 Å². The van der Waals surface area contributed by atoms with Crippen LogP contribution in [0, 0.1) is 0 Å². The van der Waals surface area contributed by atoms with Gasteiger partial charge in [0.25, 0.3) is 0 Å². The number of para-hydroxylation sites is 1. The predicted octanol–water partition coefficient (Wildman–Crippen LogP) is 0.738. The van der Waals surface area contributed by atoms with Crippen LogP contribution in [0.2, 0.25) is 0 Å². The van der Waals surface area contributed by atoms with Gasteiger partial charge in [0.15, 0.2) is 0 Å². The highest BCUT2D eigenvalue weighted by Gasteiger charge is 1.94. The van der Waals surface area contributed by atoms with Crippen LogP contribution in [0.25, 0.3) is 0 Å². The van der Waals surface area contributed by atoms with Gasteiger partial charge in [0.2, 0.25) is 0 Å². The largest absolute Gasteiger partial charge is 0.380 e. The third-order valence-corrected chi connectivity index (χ3v) is 1.76. The van der Waals surface area contributed by atoms with Crippen molar-refractivity contribution in [1.82, 2.24) is 5.43 Å². The minimum atomic E-state index is -0.0710. The second-order valence-corrected chi connectivity index (χ2v) is 2.54. The average Bonchev–Trinajstić information content (AvgIpc) is 2.07. The molecule has 0 fully saturated rings. The third-order valence-electron chi connectivity index (χ3n) is 1.28. The molecule has 1 aromatic carbocycles. The molecule has 4 heteroatoms. The van der Waals surface area contributed by atoms with E-state index in [2.05, 4.69) is 14.8 Å². The standard InChI is InChI=1S/C7H11N2OP/c10-6-8-9(11)7-4-2-1-3-5-7/h1-5,8,10H,6,11H2. The number of rotatable bonds is 3. The second kappa shape index (κ2) is 4.29. The molecular weight excluding hydrogens is 159 g/mol. The van der Waals surface area contributed by atoms with Gasteiger partial charge in [-0.3, -0.25) is 4.78 Å². The Morgan fingerprint density at radius 2 is 2.00 bits per heavy atom. The molecular formula is C7H11N2OP. The summed E-state index contributed by atoms with van der Waals surface area (Å²) in [6.45, 7) is -0.0710. The maximum Gasteiger partial charge on any atom is 0.110 e. The van der Waals surface area contributed by atoms with Crippen LogP contribution < -0.4 is 10.2 Å². The molecule has 0 saturated carbocycles. The molecule has 0 heterocycles. The van der Waals surface area contributed by atoms with Crippen molar-refractivity contribution in [2.45, 2.75) is 0 Å². The molecule has 0 aromatic heterocycles. The predicted molar refractivity (Wildman–Crippen MR) is 48.9 cm³/mol. The molecule has 3 nitrogen and oxygen atoms in total. The fourth-order valence-electron chi connectivity index (χ4n) is 0.756. The van der Waals surface area contributed by atoms with Crippen LogP contribution in [-0.4, -0.2) is 11.8 Å². The quantitative estimate of drug-likeness (QED) is 0.399. The van der Waals surface area contributed by atoms with E-state index >= 15 is 0 Å². The van der Waals surface area contributed by atoms with Crippen LogP contribution >= 0.6 is 9.39 Å². The van der Waals surface area contributed by atoms with Crippen molar-refractivity contribution in [2.24, 2.45) is 0 Å². The Hall–Kier alpha value is -0.630. The molecule has 1 rings (SSSR count). The molecule has 0 bridgehead atoms. The van der Waals surface area contributed by atoms with Crippen molar-refractivity contribution in [1.29, 1.82) is 0 Å². The zero-order valence-electron chi connectivity index (χ0n) is 6.07. The summed E-state index contributed by atoms with van der Waals surface area (Å²) >= 11 is 0. The maximum atomic E-state index is 8.53. The summed E-state index contributed by atoms with van der Waals surface area (Å²) in [5, 5.41) is 8.53. The number of nitrogens with one attached hydrogen (secondary N) is 1. The molecule has 0 spiro atoms. The first-order chi connectivity index (χ1) is 5.34. The molecule has 60 valence electrons. The lowest BCUT2D eigenvalue weighted by molar-refractivity contribution is 0.266. The van der Waals surface area contributed by atoms with Gasteiger partial charge in [0.05, 0.1) is 5.69 Å². The van der Waals surface area contributed by atoms with Gasteiger partial charge in [0.1, 0.15) is 6.73 Å². The molecule has 0 saturated heterocycles. The van der Waals surface area contributed by atoms with Gasteiger partial charge in [-0.15, -0.1) is 0 Å². The van der Waals surface area contributed by atoms with E-state index < -0.39 is 0 Å². The summed E-state index contributed by atoms with van der Waals surface area (Å²) < 4.78 is 1.68. The highest BCUT2D eigenvalue weighted by atomic mass is 31.0. The van der Waals surface area contributed by atoms with E-state index in [0.29, 0.717) is 0 Å². The molecule has 1 aromatic rings. The van der Waals surface area contributed by atoms with Crippen LogP contribution in [0.3, 0.4) is 0 Å². The summed E-state index contributed by atoms with van der Waals surface area (Å²) in [6.07, 6.45) is 0. The Morgan fingerprint density at radius 1 is 1.36 bits per heavy atom. The Kier molecular flexibility index (Phi) is 3.30. The first kappa shape index (κ1) is 8.47. The highest BCUT2D eigenvalue weighted by molar-refractivity contribution is 7.18. The molecule has 11 heavy (non-hydrogen) atoms. The number of nitrogens with zero attached hydrogens (tertiary/aromatic N) is 1. The van der Waals surface area contributed by atoms with E-state index in [-0.39, 0.29) is 6.73 Å². The van der Waals surface area contributed by atoms with Crippen molar-refractivity contribution in [3.63, 3.8) is 0 Å². The number of aliphatic hydroxyl groups is 1. The highest BCUT2D eigenvalue weighted by Crippen LogP contribution is 2.13. The monoisotopic (exact) mass is 170 g/mol. The van der Waals surface area contributed by atoms with E-state index in [0.717, 1.165) is 5.69 Å². The van der Waals surface area contributed by atoms with Crippen molar-refractivity contribution in [3.8, 4) is 0 Å². The zero-order chi connectivity index (χ0) is 8.10. The van der Waals surface area contributed by atoms with Gasteiger partial charge in [0, 0.05) is 0 Å². The molecule has 0 aliphatic heterocycles. The lowest BCUT2D eigenvalue weighted by Crippen LogP contribution is -2.29. The SMILES string of the molecule is OCNN(P)c1ccccc1. The fraction of sp³-hybridized carbons (Fsp3) is 0.143. The third kappa shape index (κ3) is 2.46. The van der Waals surface area contributed by atoms with Crippen molar-refractivity contribution in [3.05, 3.63) is 30.3 Å². The Balaban J connectivity index is 2.61. The molecule has 0 aliphatic rings. The van der Waals surface area contributed by atoms with Gasteiger partial charge in [-0.05, 0) is 21.5 Å². The fourth-order valence-corrected chi connectivity index (χ4v) is 1.01. The first-order valence-electron chi connectivity index (χ1n) is 3.29. The first-order valence-corrected chi connectivity index (χ1v) is 3.80. The van der Waals surface area contributed by atoms with E-state index in [1.807, 2.05) is 30.3 Å². The van der Waals surface area contributed by atoms with Gasteiger partial charge in [-0.1, -0.05) is 18.2 Å². The summed E-state index contributed by atoms with van der Waals surface area (Å²) in [6, 6.07) is 9.70. The van der Waals surface area contributed by atoms with Crippen molar-refractivity contribution in [2.75, 3.05) is 11.5 Å². The van der Waals surface area contributed by atoms with Crippen LogP contribution in [0.1, 0.15) is 0 Å². The summed E-state index contributed by atoms with van der Waals surface area (Å²) in [5.74, 6) is 0. The van der Waals surface area contributed by atoms with Crippen LogP contribution in [0.5, 0.6) is 0 Å². The lowest BCUT2D eigenvalue weighted by Gasteiger charge is -2.17.